The number of hydrogen-bond donors (Lipinski definition) is 2. The molecule has 0 fully saturated rings. The van der Waals surface area contributed by atoms with Crippen molar-refractivity contribution in [3.8, 4) is 5.75 Å². The van der Waals surface area contributed by atoms with E-state index in [2.05, 4.69) is 0 Å². The summed E-state index contributed by atoms with van der Waals surface area (Å²) in [6.45, 7) is -0.213. The van der Waals surface area contributed by atoms with E-state index in [4.69, 9.17) is 10.8 Å². The number of halogens is 3. The second kappa shape index (κ2) is 4.37. The van der Waals surface area contributed by atoms with Gasteiger partial charge in [0.05, 0.1) is 0 Å². The van der Waals surface area contributed by atoms with Crippen molar-refractivity contribution in [1.29, 1.82) is 0 Å². The van der Waals surface area contributed by atoms with Crippen molar-refractivity contribution in [1.82, 2.24) is 0 Å². The molecule has 0 aliphatic rings. The molecule has 1 rings (SSSR count). The highest BCUT2D eigenvalue weighted by molar-refractivity contribution is 8.93. The zero-order valence-corrected chi connectivity index (χ0v) is 7.76. The summed E-state index contributed by atoms with van der Waals surface area (Å²) in [5, 5.41) is 8.93. The number of aromatic hydroxyl groups is 1. The number of phenols is 1. The molecule has 0 aromatic heterocycles. The zero-order valence-electron chi connectivity index (χ0n) is 6.05. The molecular weight excluding hydrogens is 232 g/mol. The molecule has 0 bridgehead atoms. The van der Waals surface area contributed by atoms with Crippen LogP contribution in [0.4, 0.5) is 8.78 Å². The minimum atomic E-state index is -1.08. The summed E-state index contributed by atoms with van der Waals surface area (Å²) in [4.78, 5) is 0. The SMILES string of the molecule is Br.NCc1c(O)ccc(F)c1F. The molecule has 0 unspecified atom stereocenters. The van der Waals surface area contributed by atoms with E-state index < -0.39 is 11.6 Å². The van der Waals surface area contributed by atoms with Crippen LogP contribution in [0.2, 0.25) is 0 Å². The lowest BCUT2D eigenvalue weighted by Crippen LogP contribution is -2.01. The average molecular weight is 240 g/mol. The molecular formula is C7H8BrF2NO. The van der Waals surface area contributed by atoms with Gasteiger partial charge in [0.1, 0.15) is 5.75 Å². The number of phenolic OH excluding ortho intramolecular Hbond substituents is 1. The van der Waals surface area contributed by atoms with E-state index in [1.165, 1.54) is 0 Å². The molecule has 3 N–H and O–H groups in total. The summed E-state index contributed by atoms with van der Waals surface area (Å²) in [6, 6.07) is 1.92. The molecule has 1 aromatic rings. The van der Waals surface area contributed by atoms with Gasteiger partial charge in [-0.3, -0.25) is 0 Å². The van der Waals surface area contributed by atoms with Gasteiger partial charge in [-0.2, -0.15) is 0 Å². The molecule has 0 aliphatic carbocycles. The fraction of sp³-hybridized carbons (Fsp3) is 0.143. The van der Waals surface area contributed by atoms with Crippen LogP contribution < -0.4 is 5.73 Å². The second-order valence-corrected chi connectivity index (χ2v) is 2.06. The fourth-order valence-corrected chi connectivity index (χ4v) is 0.777. The van der Waals surface area contributed by atoms with Crippen LogP contribution in [0.5, 0.6) is 5.75 Å². The van der Waals surface area contributed by atoms with Gasteiger partial charge in [0.2, 0.25) is 0 Å². The lowest BCUT2D eigenvalue weighted by Gasteiger charge is -2.02. The predicted octanol–water partition coefficient (Wildman–Crippen LogP) is 1.71. The maximum atomic E-state index is 12.6. The standard InChI is InChI=1S/C7H7F2NO.BrH/c8-5-1-2-6(11)4(3-10)7(5)9;/h1-2,11H,3,10H2;1H. The Hall–Kier alpha value is -0.680. The molecule has 0 aliphatic heterocycles. The van der Waals surface area contributed by atoms with Crippen molar-refractivity contribution < 1.29 is 13.9 Å². The first kappa shape index (κ1) is 11.3. The van der Waals surface area contributed by atoms with Crippen molar-refractivity contribution in [2.24, 2.45) is 5.73 Å². The normalized spacial score (nSPS) is 9.25. The van der Waals surface area contributed by atoms with Gasteiger partial charge in [-0.25, -0.2) is 8.78 Å². The van der Waals surface area contributed by atoms with Crippen molar-refractivity contribution in [2.45, 2.75) is 6.54 Å². The Morgan fingerprint density at radius 2 is 1.92 bits per heavy atom. The van der Waals surface area contributed by atoms with E-state index in [0.717, 1.165) is 12.1 Å². The maximum Gasteiger partial charge on any atom is 0.166 e. The molecule has 68 valence electrons. The van der Waals surface area contributed by atoms with Gasteiger partial charge in [-0.1, -0.05) is 0 Å². The Morgan fingerprint density at radius 3 is 2.33 bits per heavy atom. The summed E-state index contributed by atoms with van der Waals surface area (Å²) in [5.41, 5.74) is 4.86. The first-order chi connectivity index (χ1) is 5.16. The first-order valence-corrected chi connectivity index (χ1v) is 3.02. The van der Waals surface area contributed by atoms with Crippen molar-refractivity contribution in [2.75, 3.05) is 0 Å². The van der Waals surface area contributed by atoms with Crippen molar-refractivity contribution >= 4 is 17.0 Å². The van der Waals surface area contributed by atoms with E-state index in [-0.39, 0.29) is 34.8 Å². The third-order valence-electron chi connectivity index (χ3n) is 1.38. The topological polar surface area (TPSA) is 46.2 Å². The maximum absolute atomic E-state index is 12.6. The molecule has 1 aromatic carbocycles. The zero-order chi connectivity index (χ0) is 8.43. The second-order valence-electron chi connectivity index (χ2n) is 2.06. The molecule has 0 spiro atoms. The van der Waals surface area contributed by atoms with Gasteiger partial charge in [0, 0.05) is 12.1 Å². The quantitative estimate of drug-likeness (QED) is 0.784. The van der Waals surface area contributed by atoms with Crippen LogP contribution in [0, 0.1) is 11.6 Å². The summed E-state index contributed by atoms with van der Waals surface area (Å²) < 4.78 is 25.1. The van der Waals surface area contributed by atoms with E-state index in [0.29, 0.717) is 0 Å². The molecule has 0 amide bonds. The highest BCUT2D eigenvalue weighted by Crippen LogP contribution is 2.21. The molecule has 0 saturated carbocycles. The Balaban J connectivity index is 0.00000121. The monoisotopic (exact) mass is 239 g/mol. The first-order valence-electron chi connectivity index (χ1n) is 3.02. The highest BCUT2D eigenvalue weighted by atomic mass is 79.9. The Bertz CT molecular complexity index is 280. The van der Waals surface area contributed by atoms with E-state index in [1.54, 1.807) is 0 Å². The van der Waals surface area contributed by atoms with Crippen molar-refractivity contribution in [3.05, 3.63) is 29.3 Å². The van der Waals surface area contributed by atoms with Gasteiger partial charge >= 0.3 is 0 Å². The average Bonchev–Trinajstić information content (AvgIpc) is 1.99. The molecule has 0 atom stereocenters. The largest absolute Gasteiger partial charge is 0.508 e. The van der Waals surface area contributed by atoms with Crippen LogP contribution in [0.1, 0.15) is 5.56 Å². The van der Waals surface area contributed by atoms with Crippen LogP contribution in [0.15, 0.2) is 12.1 Å². The Morgan fingerprint density at radius 1 is 1.33 bits per heavy atom. The van der Waals surface area contributed by atoms with Crippen LogP contribution >= 0.6 is 17.0 Å². The lowest BCUT2D eigenvalue weighted by atomic mass is 10.2. The van der Waals surface area contributed by atoms with Gasteiger partial charge in [-0.05, 0) is 12.1 Å². The number of nitrogens with two attached hydrogens (primary N) is 1. The van der Waals surface area contributed by atoms with Gasteiger partial charge in [-0.15, -0.1) is 17.0 Å². The third kappa shape index (κ3) is 1.92. The predicted molar refractivity (Wildman–Crippen MR) is 46.2 cm³/mol. The van der Waals surface area contributed by atoms with E-state index in [1.807, 2.05) is 0 Å². The van der Waals surface area contributed by atoms with E-state index in [9.17, 15) is 8.78 Å². The van der Waals surface area contributed by atoms with Gasteiger partial charge in [0.15, 0.2) is 11.6 Å². The number of benzene rings is 1. The molecule has 0 heterocycles. The molecule has 2 nitrogen and oxygen atoms in total. The number of rotatable bonds is 1. The molecule has 0 saturated heterocycles. The van der Waals surface area contributed by atoms with E-state index >= 15 is 0 Å². The molecule has 5 heteroatoms. The van der Waals surface area contributed by atoms with Gasteiger partial charge < -0.3 is 10.8 Å². The summed E-state index contributed by atoms with van der Waals surface area (Å²) in [6.07, 6.45) is 0. The summed E-state index contributed by atoms with van der Waals surface area (Å²) >= 11 is 0. The lowest BCUT2D eigenvalue weighted by molar-refractivity contribution is 0.442. The van der Waals surface area contributed by atoms with Crippen LogP contribution in [0.25, 0.3) is 0 Å². The number of hydrogen-bond acceptors (Lipinski definition) is 2. The Kier molecular flexibility index (Phi) is 4.12. The minimum absolute atomic E-state index is 0. The van der Waals surface area contributed by atoms with Crippen LogP contribution in [-0.4, -0.2) is 5.11 Å². The third-order valence-corrected chi connectivity index (χ3v) is 1.38. The highest BCUT2D eigenvalue weighted by Gasteiger charge is 2.10. The molecule has 12 heavy (non-hydrogen) atoms. The van der Waals surface area contributed by atoms with Gasteiger partial charge in [0.25, 0.3) is 0 Å². The smallest absolute Gasteiger partial charge is 0.166 e. The minimum Gasteiger partial charge on any atom is -0.508 e. The molecule has 0 radical (unpaired) electrons. The fourth-order valence-electron chi connectivity index (χ4n) is 0.777. The van der Waals surface area contributed by atoms with Crippen LogP contribution in [0.3, 0.4) is 0 Å². The Labute approximate surface area is 78.8 Å². The van der Waals surface area contributed by atoms with Crippen molar-refractivity contribution in [3.63, 3.8) is 0 Å². The summed E-state index contributed by atoms with van der Waals surface area (Å²) in [5.74, 6) is -2.39. The van der Waals surface area contributed by atoms with Crippen LogP contribution in [-0.2, 0) is 6.54 Å². The summed E-state index contributed by atoms with van der Waals surface area (Å²) in [7, 11) is 0.